The Balaban J connectivity index is 2.41. The smallest absolute Gasteiger partial charge is 0.131 e. The lowest BCUT2D eigenvalue weighted by molar-refractivity contribution is 0.283. The van der Waals surface area contributed by atoms with Crippen LogP contribution in [0.3, 0.4) is 0 Å². The summed E-state index contributed by atoms with van der Waals surface area (Å²) in [6.45, 7) is 3.20. The summed E-state index contributed by atoms with van der Waals surface area (Å²) in [7, 11) is 0. The van der Waals surface area contributed by atoms with E-state index in [0.29, 0.717) is 4.64 Å². The molecule has 1 heterocycles. The fourth-order valence-corrected chi connectivity index (χ4v) is 1.64. The molecule has 16 heavy (non-hydrogen) atoms. The maximum Gasteiger partial charge on any atom is 0.131 e. The number of rotatable bonds is 7. The van der Waals surface area contributed by atoms with Crippen molar-refractivity contribution < 1.29 is 5.11 Å². The fraction of sp³-hybridized carbons (Fsp3) is 0.636. The number of unbranched alkanes of at least 4 members (excludes halogenated alkanes) is 2. The number of aryl methyl sites for hydroxylation is 1. The molecule has 0 unspecified atom stereocenters. The first kappa shape index (κ1) is 13.1. The third-order valence-corrected chi connectivity index (χ3v) is 2.49. The minimum absolute atomic E-state index is 0.275. The second kappa shape index (κ2) is 7.35. The third kappa shape index (κ3) is 4.72. The molecule has 3 N–H and O–H groups in total. The predicted octanol–water partition coefficient (Wildman–Crippen LogP) is 2.28. The molecule has 0 aliphatic heterocycles. The molecule has 0 bridgehead atoms. The first-order chi connectivity index (χ1) is 7.76. The summed E-state index contributed by atoms with van der Waals surface area (Å²) < 4.78 is 0.619. The number of aliphatic hydroxyl groups excluding tert-OH is 1. The quantitative estimate of drug-likeness (QED) is 0.506. The highest BCUT2D eigenvalue weighted by atomic mass is 32.1. The average Bonchev–Trinajstić information content (AvgIpc) is 2.28. The minimum Gasteiger partial charge on any atom is -0.396 e. The Kier molecular flexibility index (Phi) is 6.03. The van der Waals surface area contributed by atoms with Crippen molar-refractivity contribution in [2.24, 2.45) is 0 Å². The van der Waals surface area contributed by atoms with Crippen LogP contribution in [-0.4, -0.2) is 28.2 Å². The van der Waals surface area contributed by atoms with Gasteiger partial charge in [0.1, 0.15) is 16.3 Å². The van der Waals surface area contributed by atoms with Gasteiger partial charge in [-0.25, -0.2) is 4.98 Å². The van der Waals surface area contributed by atoms with Gasteiger partial charge in [0.2, 0.25) is 0 Å². The van der Waals surface area contributed by atoms with E-state index in [1.54, 1.807) is 0 Å². The van der Waals surface area contributed by atoms with Gasteiger partial charge >= 0.3 is 0 Å². The number of nitrogens with one attached hydrogen (secondary N) is 2. The van der Waals surface area contributed by atoms with E-state index in [1.807, 2.05) is 13.0 Å². The average molecular weight is 241 g/mol. The maximum absolute atomic E-state index is 8.64. The topological polar surface area (TPSA) is 60.9 Å². The summed E-state index contributed by atoms with van der Waals surface area (Å²) in [6.07, 6.45) is 3.80. The SMILES string of the molecule is CCc1nc(=S)cc(NCCCCCO)[nH]1. The molecule has 0 spiro atoms. The van der Waals surface area contributed by atoms with Gasteiger partial charge in [0, 0.05) is 25.6 Å². The molecule has 0 aliphatic carbocycles. The van der Waals surface area contributed by atoms with Gasteiger partial charge in [-0.05, 0) is 19.3 Å². The second-order valence-corrected chi connectivity index (χ2v) is 4.06. The lowest BCUT2D eigenvalue weighted by Gasteiger charge is -2.07. The zero-order valence-corrected chi connectivity index (χ0v) is 10.4. The molecule has 0 saturated heterocycles. The predicted molar refractivity (Wildman–Crippen MR) is 68.2 cm³/mol. The number of aromatic nitrogens is 2. The molecule has 0 radical (unpaired) electrons. The minimum atomic E-state index is 0.275. The highest BCUT2D eigenvalue weighted by Gasteiger charge is 1.96. The molecule has 1 rings (SSSR count). The Hall–Kier alpha value is -0.940. The molecule has 1 aromatic heterocycles. The molecule has 4 nitrogen and oxygen atoms in total. The van der Waals surface area contributed by atoms with E-state index in [1.165, 1.54) is 0 Å². The molecule has 0 atom stereocenters. The van der Waals surface area contributed by atoms with Crippen LogP contribution in [0.2, 0.25) is 0 Å². The van der Waals surface area contributed by atoms with E-state index in [4.69, 9.17) is 17.3 Å². The zero-order chi connectivity index (χ0) is 11.8. The number of hydrogen-bond donors (Lipinski definition) is 3. The van der Waals surface area contributed by atoms with Crippen LogP contribution in [-0.2, 0) is 6.42 Å². The van der Waals surface area contributed by atoms with Gasteiger partial charge in [-0.2, -0.15) is 0 Å². The summed E-state index contributed by atoms with van der Waals surface area (Å²) >= 11 is 5.07. The first-order valence-electron chi connectivity index (χ1n) is 5.71. The number of hydrogen-bond acceptors (Lipinski definition) is 4. The Morgan fingerprint density at radius 3 is 2.94 bits per heavy atom. The van der Waals surface area contributed by atoms with Crippen LogP contribution < -0.4 is 5.32 Å². The highest BCUT2D eigenvalue weighted by molar-refractivity contribution is 7.71. The van der Waals surface area contributed by atoms with Crippen molar-refractivity contribution in [3.8, 4) is 0 Å². The molecular formula is C11H19N3OS. The van der Waals surface area contributed by atoms with Crippen LogP contribution in [0.25, 0.3) is 0 Å². The Morgan fingerprint density at radius 1 is 1.44 bits per heavy atom. The number of aliphatic hydroxyl groups is 1. The van der Waals surface area contributed by atoms with Crippen molar-refractivity contribution in [2.75, 3.05) is 18.5 Å². The monoisotopic (exact) mass is 241 g/mol. The van der Waals surface area contributed by atoms with Gasteiger partial charge in [0.05, 0.1) is 0 Å². The molecule has 0 aliphatic rings. The number of nitrogens with zero attached hydrogens (tertiary/aromatic N) is 1. The van der Waals surface area contributed by atoms with Crippen LogP contribution in [0, 0.1) is 4.64 Å². The molecule has 90 valence electrons. The van der Waals surface area contributed by atoms with Crippen LogP contribution in [0.4, 0.5) is 5.82 Å². The standard InChI is InChI=1S/C11H19N3OS/c1-2-9-13-10(8-11(16)14-9)12-6-4-3-5-7-15/h8,15H,2-7H2,1H3,(H2,12,13,14,16). The molecule has 0 aromatic carbocycles. The van der Waals surface area contributed by atoms with E-state index in [2.05, 4.69) is 15.3 Å². The van der Waals surface area contributed by atoms with Gasteiger partial charge in [0.15, 0.2) is 0 Å². The molecule has 5 heteroatoms. The highest BCUT2D eigenvalue weighted by Crippen LogP contribution is 2.05. The van der Waals surface area contributed by atoms with Crippen molar-refractivity contribution in [1.82, 2.24) is 9.97 Å². The molecule has 1 aromatic rings. The Labute approximate surface area is 101 Å². The van der Waals surface area contributed by atoms with Crippen molar-refractivity contribution >= 4 is 18.0 Å². The van der Waals surface area contributed by atoms with E-state index in [9.17, 15) is 0 Å². The second-order valence-electron chi connectivity index (χ2n) is 3.64. The van der Waals surface area contributed by atoms with Gasteiger partial charge in [0.25, 0.3) is 0 Å². The van der Waals surface area contributed by atoms with E-state index < -0.39 is 0 Å². The van der Waals surface area contributed by atoms with Gasteiger partial charge < -0.3 is 15.4 Å². The Morgan fingerprint density at radius 2 is 2.25 bits per heavy atom. The van der Waals surface area contributed by atoms with E-state index >= 15 is 0 Å². The number of aromatic amines is 1. The maximum atomic E-state index is 8.64. The first-order valence-corrected chi connectivity index (χ1v) is 6.12. The van der Waals surface area contributed by atoms with Crippen molar-refractivity contribution in [1.29, 1.82) is 0 Å². The summed E-state index contributed by atoms with van der Waals surface area (Å²) in [5, 5.41) is 11.9. The largest absolute Gasteiger partial charge is 0.396 e. The molecule has 0 saturated carbocycles. The lowest BCUT2D eigenvalue weighted by Crippen LogP contribution is -2.06. The van der Waals surface area contributed by atoms with Crippen LogP contribution in [0.1, 0.15) is 32.0 Å². The summed E-state index contributed by atoms with van der Waals surface area (Å²) in [4.78, 5) is 7.38. The fourth-order valence-electron chi connectivity index (χ4n) is 1.41. The van der Waals surface area contributed by atoms with Crippen LogP contribution >= 0.6 is 12.2 Å². The van der Waals surface area contributed by atoms with Crippen molar-refractivity contribution in [3.05, 3.63) is 16.5 Å². The lowest BCUT2D eigenvalue weighted by atomic mass is 10.2. The van der Waals surface area contributed by atoms with E-state index in [-0.39, 0.29) is 6.61 Å². The summed E-state index contributed by atoms with van der Waals surface area (Å²) in [5.74, 6) is 1.84. The molecule has 0 amide bonds. The van der Waals surface area contributed by atoms with Gasteiger partial charge in [-0.1, -0.05) is 19.1 Å². The molecular weight excluding hydrogens is 222 g/mol. The summed E-state index contributed by atoms with van der Waals surface area (Å²) in [6, 6.07) is 1.83. The van der Waals surface area contributed by atoms with Crippen LogP contribution in [0.15, 0.2) is 6.07 Å². The Bertz CT molecular complexity index is 364. The van der Waals surface area contributed by atoms with Gasteiger partial charge in [-0.3, -0.25) is 0 Å². The number of H-pyrrole nitrogens is 1. The van der Waals surface area contributed by atoms with Crippen molar-refractivity contribution in [3.63, 3.8) is 0 Å². The summed E-state index contributed by atoms with van der Waals surface area (Å²) in [5.41, 5.74) is 0. The third-order valence-electron chi connectivity index (χ3n) is 2.28. The van der Waals surface area contributed by atoms with Crippen LogP contribution in [0.5, 0.6) is 0 Å². The van der Waals surface area contributed by atoms with E-state index in [0.717, 1.165) is 43.9 Å². The van der Waals surface area contributed by atoms with Gasteiger partial charge in [-0.15, -0.1) is 0 Å². The number of anilines is 1. The zero-order valence-electron chi connectivity index (χ0n) is 9.62. The van der Waals surface area contributed by atoms with Crippen molar-refractivity contribution in [2.45, 2.75) is 32.6 Å². The normalized spacial score (nSPS) is 10.4. The molecule has 0 fully saturated rings.